The highest BCUT2D eigenvalue weighted by Crippen LogP contribution is 2.11. The number of carbonyl (C=O) groups is 1. The van der Waals surface area contributed by atoms with Crippen LogP contribution in [0, 0.1) is 5.92 Å². The molecule has 15 heavy (non-hydrogen) atoms. The first-order chi connectivity index (χ1) is 6.76. The quantitative estimate of drug-likeness (QED) is 0.802. The molecule has 0 heterocycles. The molecule has 3 nitrogen and oxygen atoms in total. The molecular formula is C11H22BrNO2. The van der Waals surface area contributed by atoms with Gasteiger partial charge in [0, 0.05) is 11.4 Å². The minimum atomic E-state index is -0.431. The molecule has 0 aliphatic carbocycles. The molecule has 0 rings (SSSR count). The highest BCUT2D eigenvalue weighted by atomic mass is 79.9. The van der Waals surface area contributed by atoms with Crippen LogP contribution in [0.3, 0.4) is 0 Å². The first-order valence-electron chi connectivity index (χ1n) is 5.31. The van der Waals surface area contributed by atoms with Crippen LogP contribution >= 0.6 is 15.9 Å². The number of alkyl carbamates (subject to hydrolysis) is 1. The average Bonchev–Trinajstić information content (AvgIpc) is 1.99. The summed E-state index contributed by atoms with van der Waals surface area (Å²) >= 11 is 3.38. The van der Waals surface area contributed by atoms with Crippen molar-refractivity contribution in [3.8, 4) is 0 Å². The van der Waals surface area contributed by atoms with E-state index in [0.717, 1.165) is 11.8 Å². The van der Waals surface area contributed by atoms with Crippen molar-refractivity contribution in [3.05, 3.63) is 0 Å². The van der Waals surface area contributed by atoms with Crippen LogP contribution in [0.1, 0.15) is 41.0 Å². The minimum Gasteiger partial charge on any atom is -0.444 e. The van der Waals surface area contributed by atoms with E-state index in [9.17, 15) is 4.79 Å². The fourth-order valence-corrected chi connectivity index (χ4v) is 1.64. The molecule has 0 saturated heterocycles. The molecule has 4 heteroatoms. The number of hydrogen-bond acceptors (Lipinski definition) is 2. The van der Waals surface area contributed by atoms with Gasteiger partial charge in [-0.2, -0.15) is 0 Å². The predicted octanol–water partition coefficient (Wildman–Crippen LogP) is 3.32. The molecule has 1 N–H and O–H groups in total. The second-order valence-corrected chi connectivity index (χ2v) is 5.77. The number of rotatable bonds is 4. The molecule has 1 unspecified atom stereocenters. The second kappa shape index (κ2) is 6.36. The molecule has 0 aliphatic heterocycles. The van der Waals surface area contributed by atoms with Crippen LogP contribution in [0.15, 0.2) is 0 Å². The van der Waals surface area contributed by atoms with Crippen LogP contribution in [0.4, 0.5) is 4.79 Å². The van der Waals surface area contributed by atoms with E-state index in [1.165, 1.54) is 0 Å². The zero-order valence-electron chi connectivity index (χ0n) is 10.3. The van der Waals surface area contributed by atoms with Gasteiger partial charge < -0.3 is 10.1 Å². The summed E-state index contributed by atoms with van der Waals surface area (Å²) in [6.45, 7) is 9.76. The minimum absolute atomic E-state index is 0.166. The first-order valence-corrected chi connectivity index (χ1v) is 6.44. The van der Waals surface area contributed by atoms with Gasteiger partial charge in [-0.25, -0.2) is 4.79 Å². The van der Waals surface area contributed by atoms with Gasteiger partial charge in [-0.05, 0) is 33.1 Å². The summed E-state index contributed by atoms with van der Waals surface area (Å²) in [4.78, 5) is 11.5. The lowest BCUT2D eigenvalue weighted by Gasteiger charge is -2.25. The maximum absolute atomic E-state index is 11.5. The van der Waals surface area contributed by atoms with Gasteiger partial charge in [-0.15, -0.1) is 0 Å². The van der Waals surface area contributed by atoms with Crippen molar-refractivity contribution in [2.75, 3.05) is 5.33 Å². The molecule has 0 radical (unpaired) electrons. The van der Waals surface area contributed by atoms with E-state index < -0.39 is 5.60 Å². The molecule has 1 atom stereocenters. The predicted molar refractivity (Wildman–Crippen MR) is 66.4 cm³/mol. The number of halogens is 1. The number of carbonyl (C=O) groups excluding carboxylic acids is 1. The second-order valence-electron chi connectivity index (χ2n) is 4.97. The lowest BCUT2D eigenvalue weighted by atomic mass is 10.0. The molecule has 90 valence electrons. The van der Waals surface area contributed by atoms with Gasteiger partial charge in [-0.3, -0.25) is 0 Å². The molecule has 1 amide bonds. The van der Waals surface area contributed by atoms with Crippen LogP contribution in [-0.4, -0.2) is 23.1 Å². The molecule has 0 fully saturated rings. The van der Waals surface area contributed by atoms with Gasteiger partial charge in [0.15, 0.2) is 0 Å². The third-order valence-corrected chi connectivity index (χ3v) is 2.38. The number of alkyl halides is 1. The smallest absolute Gasteiger partial charge is 0.407 e. The fraction of sp³-hybridized carbons (Fsp3) is 0.909. The van der Waals surface area contributed by atoms with Crippen molar-refractivity contribution in [2.24, 2.45) is 5.92 Å². The molecule has 0 saturated carbocycles. The fourth-order valence-electron chi connectivity index (χ4n) is 1.15. The normalized spacial score (nSPS) is 13.8. The Hall–Kier alpha value is -0.250. The number of nitrogens with one attached hydrogen (secondary N) is 1. The van der Waals surface area contributed by atoms with Crippen LogP contribution < -0.4 is 5.32 Å². The van der Waals surface area contributed by atoms with Gasteiger partial charge >= 0.3 is 6.09 Å². The van der Waals surface area contributed by atoms with Crippen molar-refractivity contribution >= 4 is 22.0 Å². The Morgan fingerprint density at radius 1 is 1.40 bits per heavy atom. The van der Waals surface area contributed by atoms with Crippen molar-refractivity contribution in [1.29, 1.82) is 0 Å². The Kier molecular flexibility index (Phi) is 6.25. The van der Waals surface area contributed by atoms with Crippen molar-refractivity contribution in [1.82, 2.24) is 5.32 Å². The van der Waals surface area contributed by atoms with E-state index in [1.807, 2.05) is 20.8 Å². The Balaban J connectivity index is 4.11. The van der Waals surface area contributed by atoms with Crippen molar-refractivity contribution in [3.63, 3.8) is 0 Å². The largest absolute Gasteiger partial charge is 0.444 e. The summed E-state index contributed by atoms with van der Waals surface area (Å²) in [6, 6.07) is 0.166. The summed E-state index contributed by atoms with van der Waals surface area (Å²) in [7, 11) is 0. The zero-order chi connectivity index (χ0) is 12.1. The van der Waals surface area contributed by atoms with E-state index in [2.05, 4.69) is 35.1 Å². The van der Waals surface area contributed by atoms with Gasteiger partial charge in [0.1, 0.15) is 5.60 Å². The van der Waals surface area contributed by atoms with Crippen LogP contribution in [0.5, 0.6) is 0 Å². The van der Waals surface area contributed by atoms with Crippen LogP contribution in [0.25, 0.3) is 0 Å². The summed E-state index contributed by atoms with van der Waals surface area (Å²) < 4.78 is 5.20. The van der Waals surface area contributed by atoms with Gasteiger partial charge in [0.25, 0.3) is 0 Å². The molecular weight excluding hydrogens is 258 g/mol. The molecule has 0 aromatic rings. The average molecular weight is 280 g/mol. The Bertz CT molecular complexity index is 199. The van der Waals surface area contributed by atoms with E-state index in [4.69, 9.17) is 4.74 Å². The third-order valence-electron chi connectivity index (χ3n) is 1.93. The van der Waals surface area contributed by atoms with Gasteiger partial charge in [-0.1, -0.05) is 29.8 Å². The highest BCUT2D eigenvalue weighted by molar-refractivity contribution is 9.09. The maximum atomic E-state index is 11.5. The summed E-state index contributed by atoms with van der Waals surface area (Å²) in [5, 5.41) is 3.76. The lowest BCUT2D eigenvalue weighted by Crippen LogP contribution is -2.41. The summed E-state index contributed by atoms with van der Waals surface area (Å²) in [6.07, 6.45) is 0.582. The van der Waals surface area contributed by atoms with Crippen LogP contribution in [0.2, 0.25) is 0 Å². The standard InChI is InChI=1S/C11H22BrNO2/c1-8(2)9(6-7-12)13-10(14)15-11(3,4)5/h8-9H,6-7H2,1-5H3,(H,13,14). The van der Waals surface area contributed by atoms with Gasteiger partial charge in [0.2, 0.25) is 0 Å². The highest BCUT2D eigenvalue weighted by Gasteiger charge is 2.20. The molecule has 0 aromatic heterocycles. The molecule has 0 bridgehead atoms. The Morgan fingerprint density at radius 3 is 2.27 bits per heavy atom. The van der Waals surface area contributed by atoms with E-state index in [0.29, 0.717) is 5.92 Å². The molecule has 0 aromatic carbocycles. The summed E-state index contributed by atoms with van der Waals surface area (Å²) in [5.41, 5.74) is -0.431. The topological polar surface area (TPSA) is 38.3 Å². The SMILES string of the molecule is CC(C)C(CCBr)NC(=O)OC(C)(C)C. The molecule has 0 aliphatic rings. The van der Waals surface area contributed by atoms with E-state index in [1.54, 1.807) is 0 Å². The van der Waals surface area contributed by atoms with Crippen molar-refractivity contribution < 1.29 is 9.53 Å². The third kappa shape index (κ3) is 7.65. The van der Waals surface area contributed by atoms with E-state index >= 15 is 0 Å². The Labute approximate surface area is 101 Å². The zero-order valence-corrected chi connectivity index (χ0v) is 11.8. The Morgan fingerprint density at radius 2 is 1.93 bits per heavy atom. The van der Waals surface area contributed by atoms with Crippen LogP contribution in [-0.2, 0) is 4.74 Å². The van der Waals surface area contributed by atoms with Gasteiger partial charge in [0.05, 0.1) is 0 Å². The van der Waals surface area contributed by atoms with E-state index in [-0.39, 0.29) is 12.1 Å². The first kappa shape index (κ1) is 14.8. The number of amides is 1. The number of ether oxygens (including phenoxy) is 1. The van der Waals surface area contributed by atoms with Crippen molar-refractivity contribution in [2.45, 2.75) is 52.7 Å². The lowest BCUT2D eigenvalue weighted by molar-refractivity contribution is 0.0489. The maximum Gasteiger partial charge on any atom is 0.407 e. The molecule has 0 spiro atoms. The summed E-state index contributed by atoms with van der Waals surface area (Å²) in [5.74, 6) is 0.412. The monoisotopic (exact) mass is 279 g/mol. The number of hydrogen-bond donors (Lipinski definition) is 1.